The van der Waals surface area contributed by atoms with Gasteiger partial charge in [-0.05, 0) is 60.5 Å². The van der Waals surface area contributed by atoms with Crippen LogP contribution in [0, 0.1) is 0 Å². The molecule has 6 heteroatoms. The van der Waals surface area contributed by atoms with Crippen molar-refractivity contribution in [3.05, 3.63) is 72.3 Å². The van der Waals surface area contributed by atoms with Crippen LogP contribution >= 0.6 is 0 Å². The van der Waals surface area contributed by atoms with Crippen LogP contribution in [0.15, 0.2) is 71.1 Å². The van der Waals surface area contributed by atoms with Gasteiger partial charge in [-0.25, -0.2) is 4.98 Å². The van der Waals surface area contributed by atoms with Crippen LogP contribution in [0.3, 0.4) is 0 Å². The summed E-state index contributed by atoms with van der Waals surface area (Å²) in [5.74, 6) is 1.64. The molecule has 0 fully saturated rings. The van der Waals surface area contributed by atoms with Crippen LogP contribution < -0.4 is 14.8 Å². The normalized spacial score (nSPS) is 10.7. The number of hydrogen-bond acceptors (Lipinski definition) is 5. The number of fused-ring (bicyclic) bond motifs is 1. The zero-order valence-corrected chi connectivity index (χ0v) is 16.8. The van der Waals surface area contributed by atoms with E-state index in [4.69, 9.17) is 13.9 Å². The van der Waals surface area contributed by atoms with Crippen molar-refractivity contribution in [3.63, 3.8) is 0 Å². The van der Waals surface area contributed by atoms with Crippen LogP contribution in [0.4, 0.5) is 5.69 Å². The van der Waals surface area contributed by atoms with Crippen molar-refractivity contribution in [1.82, 2.24) is 4.98 Å². The summed E-state index contributed by atoms with van der Waals surface area (Å²) in [5.41, 5.74) is 3.96. The van der Waals surface area contributed by atoms with E-state index in [0.29, 0.717) is 28.4 Å². The monoisotopic (exact) mass is 402 g/mol. The molecule has 0 spiro atoms. The van der Waals surface area contributed by atoms with Gasteiger partial charge in [-0.15, -0.1) is 0 Å². The van der Waals surface area contributed by atoms with E-state index >= 15 is 0 Å². The molecule has 0 unspecified atom stereocenters. The van der Waals surface area contributed by atoms with Crippen LogP contribution in [-0.4, -0.2) is 24.6 Å². The second-order valence-corrected chi connectivity index (χ2v) is 6.77. The summed E-state index contributed by atoms with van der Waals surface area (Å²) in [4.78, 5) is 16.8. The topological polar surface area (TPSA) is 73.6 Å². The van der Waals surface area contributed by atoms with Crippen molar-refractivity contribution in [2.24, 2.45) is 0 Å². The third-order valence-corrected chi connectivity index (χ3v) is 4.69. The van der Waals surface area contributed by atoms with Gasteiger partial charge >= 0.3 is 0 Å². The molecule has 3 aromatic carbocycles. The number of anilines is 1. The summed E-state index contributed by atoms with van der Waals surface area (Å²) >= 11 is 0. The second kappa shape index (κ2) is 8.69. The molecule has 0 radical (unpaired) electrons. The Balaban J connectivity index is 1.43. The molecule has 152 valence electrons. The number of aromatic nitrogens is 1. The lowest BCUT2D eigenvalue weighted by Crippen LogP contribution is -2.20. The van der Waals surface area contributed by atoms with Crippen LogP contribution in [0.25, 0.3) is 22.6 Å². The van der Waals surface area contributed by atoms with Gasteiger partial charge in [-0.1, -0.05) is 25.1 Å². The fourth-order valence-corrected chi connectivity index (χ4v) is 3.05. The minimum atomic E-state index is -0.245. The highest BCUT2D eigenvalue weighted by Crippen LogP contribution is 2.28. The molecule has 0 atom stereocenters. The molecule has 4 rings (SSSR count). The Morgan fingerprint density at radius 2 is 1.87 bits per heavy atom. The third kappa shape index (κ3) is 4.43. The Kier molecular flexibility index (Phi) is 5.66. The molecule has 1 heterocycles. The number of ether oxygens (including phenoxy) is 2. The number of nitrogens with one attached hydrogen (secondary N) is 1. The Bertz CT molecular complexity index is 1170. The third-order valence-electron chi connectivity index (χ3n) is 4.69. The molecular weight excluding hydrogens is 380 g/mol. The van der Waals surface area contributed by atoms with Gasteiger partial charge in [0.2, 0.25) is 5.89 Å². The Morgan fingerprint density at radius 1 is 1.03 bits per heavy atom. The summed E-state index contributed by atoms with van der Waals surface area (Å²) in [6, 6.07) is 20.6. The molecule has 0 aliphatic heterocycles. The van der Waals surface area contributed by atoms with E-state index in [0.717, 1.165) is 17.7 Å². The van der Waals surface area contributed by atoms with Gasteiger partial charge in [-0.3, -0.25) is 4.79 Å². The number of carbonyl (C=O) groups is 1. The Labute approximate surface area is 174 Å². The first-order valence-electron chi connectivity index (χ1n) is 9.71. The molecule has 1 aromatic heterocycles. The zero-order chi connectivity index (χ0) is 20.9. The van der Waals surface area contributed by atoms with Gasteiger partial charge in [0.05, 0.1) is 7.11 Å². The largest absolute Gasteiger partial charge is 0.497 e. The van der Waals surface area contributed by atoms with Crippen molar-refractivity contribution >= 4 is 22.7 Å². The molecule has 0 aliphatic carbocycles. The number of benzene rings is 3. The van der Waals surface area contributed by atoms with Crippen molar-refractivity contribution < 1.29 is 18.7 Å². The van der Waals surface area contributed by atoms with E-state index in [1.54, 1.807) is 25.3 Å². The maximum Gasteiger partial charge on any atom is 0.262 e. The number of aryl methyl sites for hydroxylation is 1. The molecule has 4 aromatic rings. The van der Waals surface area contributed by atoms with Crippen LogP contribution in [0.1, 0.15) is 12.5 Å². The lowest BCUT2D eigenvalue weighted by molar-refractivity contribution is -0.118. The average Bonchev–Trinajstić information content (AvgIpc) is 3.21. The van der Waals surface area contributed by atoms with Crippen molar-refractivity contribution in [1.29, 1.82) is 0 Å². The molecule has 0 aliphatic rings. The number of methoxy groups -OCH3 is 1. The molecule has 0 saturated heterocycles. The maximum atomic E-state index is 12.2. The van der Waals surface area contributed by atoms with Crippen LogP contribution in [-0.2, 0) is 11.2 Å². The second-order valence-electron chi connectivity index (χ2n) is 6.77. The fraction of sp³-hybridized carbons (Fsp3) is 0.167. The highest BCUT2D eigenvalue weighted by molar-refractivity contribution is 5.94. The predicted molar refractivity (Wildman–Crippen MR) is 116 cm³/mol. The number of oxazole rings is 1. The predicted octanol–water partition coefficient (Wildman–Crippen LogP) is 5.08. The van der Waals surface area contributed by atoms with Gasteiger partial charge in [0, 0.05) is 11.3 Å². The first-order chi connectivity index (χ1) is 14.6. The number of rotatable bonds is 7. The van der Waals surface area contributed by atoms with Crippen molar-refractivity contribution in [2.45, 2.75) is 13.3 Å². The summed E-state index contributed by atoms with van der Waals surface area (Å²) in [6.45, 7) is 2.02. The number of nitrogens with zero attached hydrogens (tertiary/aromatic N) is 1. The molecule has 6 nitrogen and oxygen atoms in total. The lowest BCUT2D eigenvalue weighted by Gasteiger charge is -2.08. The van der Waals surface area contributed by atoms with E-state index in [-0.39, 0.29) is 12.5 Å². The van der Waals surface area contributed by atoms with Crippen LogP contribution in [0.5, 0.6) is 11.5 Å². The first kappa shape index (κ1) is 19.5. The molecule has 30 heavy (non-hydrogen) atoms. The maximum absolute atomic E-state index is 12.2. The average molecular weight is 402 g/mol. The van der Waals surface area contributed by atoms with E-state index in [2.05, 4.69) is 17.2 Å². The van der Waals surface area contributed by atoms with E-state index in [1.807, 2.05) is 48.5 Å². The SMILES string of the molecule is CCc1ccc(OCC(=O)Nc2ccc3oc(-c4cccc(OC)c4)nc3c2)cc1. The van der Waals surface area contributed by atoms with Gasteiger partial charge in [0.25, 0.3) is 5.91 Å². The zero-order valence-electron chi connectivity index (χ0n) is 16.8. The summed E-state index contributed by atoms with van der Waals surface area (Å²) in [7, 11) is 1.62. The molecule has 0 saturated carbocycles. The number of hydrogen-bond donors (Lipinski definition) is 1. The van der Waals surface area contributed by atoms with E-state index < -0.39 is 0 Å². The van der Waals surface area contributed by atoms with Gasteiger partial charge in [0.15, 0.2) is 12.2 Å². The Hall–Kier alpha value is -3.80. The number of amides is 1. The number of carbonyl (C=O) groups excluding carboxylic acids is 1. The quantitative estimate of drug-likeness (QED) is 0.466. The van der Waals surface area contributed by atoms with Crippen molar-refractivity contribution in [3.8, 4) is 23.0 Å². The molecular formula is C24H22N2O4. The molecule has 0 bridgehead atoms. The summed E-state index contributed by atoms with van der Waals surface area (Å²) in [6.07, 6.45) is 0.963. The highest BCUT2D eigenvalue weighted by atomic mass is 16.5. The summed E-state index contributed by atoms with van der Waals surface area (Å²) in [5, 5.41) is 2.83. The molecule has 1 N–H and O–H groups in total. The van der Waals surface area contributed by atoms with Gasteiger partial charge in [0.1, 0.15) is 17.0 Å². The summed E-state index contributed by atoms with van der Waals surface area (Å²) < 4.78 is 16.6. The minimum Gasteiger partial charge on any atom is -0.497 e. The van der Waals surface area contributed by atoms with Gasteiger partial charge < -0.3 is 19.2 Å². The van der Waals surface area contributed by atoms with Crippen LogP contribution in [0.2, 0.25) is 0 Å². The first-order valence-corrected chi connectivity index (χ1v) is 9.71. The smallest absolute Gasteiger partial charge is 0.262 e. The minimum absolute atomic E-state index is 0.0720. The molecule has 1 amide bonds. The van der Waals surface area contributed by atoms with Crippen molar-refractivity contribution in [2.75, 3.05) is 19.0 Å². The highest BCUT2D eigenvalue weighted by Gasteiger charge is 2.11. The van der Waals surface area contributed by atoms with Gasteiger partial charge in [-0.2, -0.15) is 0 Å². The van der Waals surface area contributed by atoms with E-state index in [9.17, 15) is 4.79 Å². The Morgan fingerprint density at radius 3 is 2.63 bits per heavy atom. The standard InChI is InChI=1S/C24H22N2O4/c1-3-16-7-10-19(11-8-16)29-15-23(27)25-18-9-12-22-21(14-18)26-24(30-22)17-5-4-6-20(13-17)28-2/h4-14H,3,15H2,1-2H3,(H,25,27). The van der Waals surface area contributed by atoms with E-state index in [1.165, 1.54) is 5.56 Å². The fourth-order valence-electron chi connectivity index (χ4n) is 3.05. The lowest BCUT2D eigenvalue weighted by atomic mass is 10.2.